The topological polar surface area (TPSA) is 29.5 Å². The molecule has 0 aromatic heterocycles. The summed E-state index contributed by atoms with van der Waals surface area (Å²) in [5, 5.41) is 10.1. The Bertz CT molecular complexity index is 393. The van der Waals surface area contributed by atoms with Gasteiger partial charge in [0.05, 0.1) is 17.7 Å². The van der Waals surface area contributed by atoms with Crippen LogP contribution in [0.2, 0.25) is 0 Å². The van der Waals surface area contributed by atoms with Crippen LogP contribution < -0.4 is 4.74 Å². The van der Waals surface area contributed by atoms with Gasteiger partial charge in [-0.15, -0.1) is 0 Å². The summed E-state index contributed by atoms with van der Waals surface area (Å²) >= 11 is 3.48. The van der Waals surface area contributed by atoms with Crippen LogP contribution in [-0.2, 0) is 6.42 Å². The lowest BCUT2D eigenvalue weighted by Crippen LogP contribution is -2.10. The summed E-state index contributed by atoms with van der Waals surface area (Å²) in [6, 6.07) is 6.00. The lowest BCUT2D eigenvalue weighted by Gasteiger charge is -2.12. The summed E-state index contributed by atoms with van der Waals surface area (Å²) in [4.78, 5) is 0. The molecule has 1 aromatic rings. The summed E-state index contributed by atoms with van der Waals surface area (Å²) in [6.45, 7) is 2.24. The molecule has 21 heavy (non-hydrogen) atoms. The van der Waals surface area contributed by atoms with Crippen molar-refractivity contribution < 1.29 is 9.84 Å². The fraction of sp³-hybridized carbons (Fsp3) is 0.667. The van der Waals surface area contributed by atoms with Gasteiger partial charge in [-0.3, -0.25) is 0 Å². The minimum atomic E-state index is -0.235. The molecule has 0 radical (unpaired) electrons. The highest BCUT2D eigenvalue weighted by atomic mass is 79.9. The summed E-state index contributed by atoms with van der Waals surface area (Å²) in [5.74, 6) is 0.834. The van der Waals surface area contributed by atoms with Crippen molar-refractivity contribution in [3.63, 3.8) is 0 Å². The normalized spacial score (nSPS) is 12.4. The second kappa shape index (κ2) is 11.1. The van der Waals surface area contributed by atoms with Gasteiger partial charge in [-0.05, 0) is 46.5 Å². The molecule has 2 nitrogen and oxygen atoms in total. The highest BCUT2D eigenvalue weighted by Gasteiger charge is 2.07. The minimum absolute atomic E-state index is 0.235. The van der Waals surface area contributed by atoms with Crippen molar-refractivity contribution in [2.75, 3.05) is 7.11 Å². The number of halogens is 1. The maximum absolute atomic E-state index is 10.1. The molecule has 3 heteroatoms. The van der Waals surface area contributed by atoms with Crippen molar-refractivity contribution in [2.24, 2.45) is 0 Å². The van der Waals surface area contributed by atoms with Gasteiger partial charge in [-0.2, -0.15) is 0 Å². The first-order chi connectivity index (χ1) is 10.2. The smallest absolute Gasteiger partial charge is 0.133 e. The van der Waals surface area contributed by atoms with Gasteiger partial charge < -0.3 is 9.84 Å². The molecular weight excluding hydrogens is 328 g/mol. The molecule has 0 amide bonds. The van der Waals surface area contributed by atoms with Crippen LogP contribution in [0.1, 0.15) is 63.9 Å². The van der Waals surface area contributed by atoms with Crippen molar-refractivity contribution >= 4 is 15.9 Å². The third-order valence-corrected chi connectivity index (χ3v) is 4.45. The number of rotatable bonds is 11. The standard InChI is InChI=1S/C18H29BrO2/c1-3-4-5-6-7-8-9-10-16(20)13-15-11-12-18(21-2)17(19)14-15/h11-12,14,16,20H,3-10,13H2,1-2H3. The molecule has 0 aliphatic carbocycles. The second-order valence-corrected chi connectivity index (χ2v) is 6.59. The molecule has 0 saturated heterocycles. The van der Waals surface area contributed by atoms with Crippen LogP contribution in [0.4, 0.5) is 0 Å². The number of unbranched alkanes of at least 4 members (excludes halogenated alkanes) is 6. The number of aliphatic hydroxyl groups is 1. The van der Waals surface area contributed by atoms with Crippen molar-refractivity contribution in [1.82, 2.24) is 0 Å². The van der Waals surface area contributed by atoms with Crippen LogP contribution in [0.25, 0.3) is 0 Å². The Balaban J connectivity index is 2.18. The molecule has 0 aliphatic rings. The first kappa shape index (κ1) is 18.5. The lowest BCUT2D eigenvalue weighted by atomic mass is 10.0. The van der Waals surface area contributed by atoms with E-state index in [4.69, 9.17) is 4.74 Å². The molecule has 0 bridgehead atoms. The van der Waals surface area contributed by atoms with Crippen LogP contribution in [0.15, 0.2) is 22.7 Å². The molecule has 1 atom stereocenters. The molecule has 0 heterocycles. The third kappa shape index (κ3) is 7.87. The Morgan fingerprint density at radius 3 is 2.38 bits per heavy atom. The number of methoxy groups -OCH3 is 1. The highest BCUT2D eigenvalue weighted by Crippen LogP contribution is 2.26. The van der Waals surface area contributed by atoms with E-state index in [1.807, 2.05) is 18.2 Å². The third-order valence-electron chi connectivity index (χ3n) is 3.83. The van der Waals surface area contributed by atoms with Gasteiger partial charge in [0, 0.05) is 0 Å². The molecule has 1 N–H and O–H groups in total. The molecule has 0 saturated carbocycles. The van der Waals surface area contributed by atoms with Crippen LogP contribution in [0.3, 0.4) is 0 Å². The molecular formula is C18H29BrO2. The quantitative estimate of drug-likeness (QED) is 0.530. The van der Waals surface area contributed by atoms with Crippen LogP contribution in [0.5, 0.6) is 5.75 Å². The monoisotopic (exact) mass is 356 g/mol. The average Bonchev–Trinajstić information content (AvgIpc) is 2.46. The second-order valence-electron chi connectivity index (χ2n) is 5.74. The SMILES string of the molecule is CCCCCCCCCC(O)Cc1ccc(OC)c(Br)c1. The molecule has 120 valence electrons. The Morgan fingerprint density at radius 2 is 1.76 bits per heavy atom. The summed E-state index contributed by atoms with van der Waals surface area (Å²) in [6.07, 6.45) is 10.4. The molecule has 0 aliphatic heterocycles. The average molecular weight is 357 g/mol. The first-order valence-corrected chi connectivity index (χ1v) is 8.97. The maximum atomic E-state index is 10.1. The number of benzene rings is 1. The summed E-state index contributed by atoms with van der Waals surface area (Å²) in [5.41, 5.74) is 1.15. The molecule has 0 spiro atoms. The predicted molar refractivity (Wildman–Crippen MR) is 93.0 cm³/mol. The fourth-order valence-electron chi connectivity index (χ4n) is 2.55. The van der Waals surface area contributed by atoms with Crippen molar-refractivity contribution in [1.29, 1.82) is 0 Å². The maximum Gasteiger partial charge on any atom is 0.133 e. The van der Waals surface area contributed by atoms with Crippen molar-refractivity contribution in [3.05, 3.63) is 28.2 Å². The Hall–Kier alpha value is -0.540. The van der Waals surface area contributed by atoms with E-state index in [9.17, 15) is 5.11 Å². The number of ether oxygens (including phenoxy) is 1. The summed E-state index contributed by atoms with van der Waals surface area (Å²) in [7, 11) is 1.66. The van der Waals surface area contributed by atoms with Gasteiger partial charge >= 0.3 is 0 Å². The Labute approximate surface area is 138 Å². The first-order valence-electron chi connectivity index (χ1n) is 8.17. The fourth-order valence-corrected chi connectivity index (χ4v) is 3.14. The predicted octanol–water partition coefficient (Wildman–Crippen LogP) is 5.50. The van der Waals surface area contributed by atoms with E-state index in [1.165, 1.54) is 38.5 Å². The van der Waals surface area contributed by atoms with E-state index >= 15 is 0 Å². The van der Waals surface area contributed by atoms with E-state index in [-0.39, 0.29) is 6.10 Å². The van der Waals surface area contributed by atoms with Gasteiger partial charge in [0.1, 0.15) is 5.75 Å². The van der Waals surface area contributed by atoms with E-state index < -0.39 is 0 Å². The van der Waals surface area contributed by atoms with Crippen LogP contribution in [-0.4, -0.2) is 18.3 Å². The van der Waals surface area contributed by atoms with Gasteiger partial charge in [-0.1, -0.05) is 57.9 Å². The zero-order valence-corrected chi connectivity index (χ0v) is 15.0. The van der Waals surface area contributed by atoms with Gasteiger partial charge in [0.15, 0.2) is 0 Å². The largest absolute Gasteiger partial charge is 0.496 e. The van der Waals surface area contributed by atoms with Crippen LogP contribution >= 0.6 is 15.9 Å². The summed E-state index contributed by atoms with van der Waals surface area (Å²) < 4.78 is 6.16. The zero-order chi connectivity index (χ0) is 15.5. The minimum Gasteiger partial charge on any atom is -0.496 e. The number of hydrogen-bond donors (Lipinski definition) is 1. The van der Waals surface area contributed by atoms with Gasteiger partial charge in [0.2, 0.25) is 0 Å². The zero-order valence-electron chi connectivity index (χ0n) is 13.4. The molecule has 0 fully saturated rings. The van der Waals surface area contributed by atoms with E-state index in [0.717, 1.165) is 35.0 Å². The Morgan fingerprint density at radius 1 is 1.10 bits per heavy atom. The van der Waals surface area contributed by atoms with Crippen LogP contribution in [0, 0.1) is 0 Å². The number of aliphatic hydroxyl groups excluding tert-OH is 1. The van der Waals surface area contributed by atoms with E-state index in [1.54, 1.807) is 7.11 Å². The van der Waals surface area contributed by atoms with Gasteiger partial charge in [0.25, 0.3) is 0 Å². The van der Waals surface area contributed by atoms with E-state index in [0.29, 0.717) is 0 Å². The lowest BCUT2D eigenvalue weighted by molar-refractivity contribution is 0.161. The van der Waals surface area contributed by atoms with Gasteiger partial charge in [-0.25, -0.2) is 0 Å². The van der Waals surface area contributed by atoms with Crippen molar-refractivity contribution in [3.8, 4) is 5.75 Å². The van der Waals surface area contributed by atoms with Crippen molar-refractivity contribution in [2.45, 2.75) is 70.8 Å². The molecule has 1 rings (SSSR count). The number of hydrogen-bond acceptors (Lipinski definition) is 2. The molecule has 1 unspecified atom stereocenters. The Kier molecular flexibility index (Phi) is 9.77. The van der Waals surface area contributed by atoms with E-state index in [2.05, 4.69) is 22.9 Å². The highest BCUT2D eigenvalue weighted by molar-refractivity contribution is 9.10. The molecule has 1 aromatic carbocycles.